The molecule has 0 aliphatic carbocycles. The zero-order valence-corrected chi connectivity index (χ0v) is 11.8. The lowest BCUT2D eigenvalue weighted by Crippen LogP contribution is -1.97. The number of halogens is 2. The van der Waals surface area contributed by atoms with Crippen LogP contribution in [0.3, 0.4) is 0 Å². The molecule has 0 spiro atoms. The van der Waals surface area contributed by atoms with E-state index < -0.39 is 6.10 Å². The second-order valence-electron chi connectivity index (χ2n) is 4.39. The Labute approximate surface area is 114 Å². The van der Waals surface area contributed by atoms with Gasteiger partial charge in [0.15, 0.2) is 0 Å². The Hall–Kier alpha value is -0.240. The summed E-state index contributed by atoms with van der Waals surface area (Å²) in [6.07, 6.45) is 6.39. The van der Waals surface area contributed by atoms with Crippen LogP contribution in [0.5, 0.6) is 0 Å². The van der Waals surface area contributed by atoms with E-state index in [-0.39, 0.29) is 0 Å². The number of hydrogen-bond donors (Lipinski definition) is 1. The van der Waals surface area contributed by atoms with Crippen molar-refractivity contribution in [3.8, 4) is 0 Å². The summed E-state index contributed by atoms with van der Waals surface area (Å²) in [5.41, 5.74) is 0.856. The van der Waals surface area contributed by atoms with Crippen molar-refractivity contribution >= 4 is 23.2 Å². The third-order valence-corrected chi connectivity index (χ3v) is 3.65. The Balaban J connectivity index is 2.36. The first kappa shape index (κ1) is 14.8. The molecule has 1 nitrogen and oxygen atoms in total. The van der Waals surface area contributed by atoms with Gasteiger partial charge in [-0.25, -0.2) is 0 Å². The molecule has 1 rings (SSSR count). The lowest BCUT2D eigenvalue weighted by molar-refractivity contribution is 0.163. The lowest BCUT2D eigenvalue weighted by atomic mass is 10.0. The highest BCUT2D eigenvalue weighted by Crippen LogP contribution is 2.27. The summed E-state index contributed by atoms with van der Waals surface area (Å²) >= 11 is 11.8. The zero-order chi connectivity index (χ0) is 12.7. The summed E-state index contributed by atoms with van der Waals surface area (Å²) in [4.78, 5) is 0. The molecule has 0 saturated carbocycles. The van der Waals surface area contributed by atoms with E-state index in [0.717, 1.165) is 18.4 Å². The fourth-order valence-corrected chi connectivity index (χ4v) is 2.13. The molecule has 0 bridgehead atoms. The highest BCUT2D eigenvalue weighted by Gasteiger charge is 2.08. The minimum absolute atomic E-state index is 0.425. The molecule has 1 unspecified atom stereocenters. The van der Waals surface area contributed by atoms with Crippen LogP contribution in [-0.2, 0) is 0 Å². The summed E-state index contributed by atoms with van der Waals surface area (Å²) < 4.78 is 0. The van der Waals surface area contributed by atoms with Gasteiger partial charge in [-0.1, -0.05) is 68.3 Å². The first-order valence-corrected chi connectivity index (χ1v) is 7.03. The molecule has 96 valence electrons. The largest absolute Gasteiger partial charge is 0.388 e. The van der Waals surface area contributed by atoms with Crippen LogP contribution in [0.1, 0.15) is 57.1 Å². The van der Waals surface area contributed by atoms with Gasteiger partial charge in [0.05, 0.1) is 16.1 Å². The quantitative estimate of drug-likeness (QED) is 0.662. The van der Waals surface area contributed by atoms with Crippen LogP contribution in [0.4, 0.5) is 0 Å². The van der Waals surface area contributed by atoms with Gasteiger partial charge in [0.2, 0.25) is 0 Å². The summed E-state index contributed by atoms with van der Waals surface area (Å²) in [5.74, 6) is 0. The van der Waals surface area contributed by atoms with Gasteiger partial charge in [-0.05, 0) is 24.1 Å². The standard InChI is InChI=1S/C14H20Cl2O/c1-2-3-4-5-6-7-14(17)11-8-9-12(15)13(16)10-11/h8-10,14,17H,2-7H2,1H3. The predicted molar refractivity (Wildman–Crippen MR) is 74.8 cm³/mol. The number of aliphatic hydroxyl groups excluding tert-OH is 1. The average Bonchev–Trinajstić information content (AvgIpc) is 2.32. The smallest absolute Gasteiger partial charge is 0.0790 e. The van der Waals surface area contributed by atoms with E-state index in [1.807, 2.05) is 6.07 Å². The molecule has 0 heterocycles. The van der Waals surface area contributed by atoms with Crippen LogP contribution >= 0.6 is 23.2 Å². The molecule has 0 aliphatic rings. The summed E-state index contributed by atoms with van der Waals surface area (Å²) in [6, 6.07) is 5.32. The molecule has 1 aromatic rings. The van der Waals surface area contributed by atoms with Crippen molar-refractivity contribution in [2.45, 2.75) is 51.6 Å². The van der Waals surface area contributed by atoms with Crippen molar-refractivity contribution in [1.82, 2.24) is 0 Å². The minimum Gasteiger partial charge on any atom is -0.388 e. The SMILES string of the molecule is CCCCCCCC(O)c1ccc(Cl)c(Cl)c1. The molecule has 1 aromatic carbocycles. The molecule has 0 fully saturated rings. The van der Waals surface area contributed by atoms with E-state index in [0.29, 0.717) is 10.0 Å². The molecule has 0 saturated heterocycles. The molecular weight excluding hydrogens is 255 g/mol. The molecule has 3 heteroatoms. The topological polar surface area (TPSA) is 20.2 Å². The van der Waals surface area contributed by atoms with Crippen molar-refractivity contribution in [2.75, 3.05) is 0 Å². The molecule has 0 aliphatic heterocycles. The molecule has 17 heavy (non-hydrogen) atoms. The van der Waals surface area contributed by atoms with Gasteiger partial charge in [-0.15, -0.1) is 0 Å². The number of benzene rings is 1. The van der Waals surface area contributed by atoms with Crippen LogP contribution in [0.25, 0.3) is 0 Å². The Morgan fingerprint density at radius 1 is 1.06 bits per heavy atom. The van der Waals surface area contributed by atoms with Crippen molar-refractivity contribution < 1.29 is 5.11 Å². The highest BCUT2D eigenvalue weighted by molar-refractivity contribution is 6.42. The van der Waals surface area contributed by atoms with Crippen LogP contribution in [0.2, 0.25) is 10.0 Å². The van der Waals surface area contributed by atoms with Crippen molar-refractivity contribution in [2.24, 2.45) is 0 Å². The molecule has 1 N–H and O–H groups in total. The molecule has 0 amide bonds. The van der Waals surface area contributed by atoms with Crippen LogP contribution < -0.4 is 0 Å². The average molecular weight is 275 g/mol. The molecule has 0 aromatic heterocycles. The van der Waals surface area contributed by atoms with Gasteiger partial charge >= 0.3 is 0 Å². The number of hydrogen-bond acceptors (Lipinski definition) is 1. The van der Waals surface area contributed by atoms with Crippen LogP contribution in [-0.4, -0.2) is 5.11 Å². The van der Waals surface area contributed by atoms with E-state index in [4.69, 9.17) is 23.2 Å². The Morgan fingerprint density at radius 3 is 2.41 bits per heavy atom. The monoisotopic (exact) mass is 274 g/mol. The van der Waals surface area contributed by atoms with Gasteiger partial charge in [0, 0.05) is 0 Å². The number of aliphatic hydroxyl groups is 1. The van der Waals surface area contributed by atoms with Gasteiger partial charge in [-0.3, -0.25) is 0 Å². The van der Waals surface area contributed by atoms with E-state index >= 15 is 0 Å². The van der Waals surface area contributed by atoms with Crippen molar-refractivity contribution in [1.29, 1.82) is 0 Å². The molecular formula is C14H20Cl2O. The van der Waals surface area contributed by atoms with Gasteiger partial charge in [0.1, 0.15) is 0 Å². The Kier molecular flexibility index (Phi) is 6.94. The van der Waals surface area contributed by atoms with Crippen molar-refractivity contribution in [3.63, 3.8) is 0 Å². The van der Waals surface area contributed by atoms with Crippen LogP contribution in [0.15, 0.2) is 18.2 Å². The second-order valence-corrected chi connectivity index (χ2v) is 5.21. The minimum atomic E-state index is -0.425. The summed E-state index contributed by atoms with van der Waals surface area (Å²) in [6.45, 7) is 2.20. The maximum absolute atomic E-state index is 9.99. The van der Waals surface area contributed by atoms with E-state index in [1.54, 1.807) is 12.1 Å². The van der Waals surface area contributed by atoms with E-state index in [2.05, 4.69) is 6.92 Å². The summed E-state index contributed by atoms with van der Waals surface area (Å²) in [5, 5.41) is 11.0. The first-order chi connectivity index (χ1) is 8.15. The van der Waals surface area contributed by atoms with Gasteiger partial charge in [0.25, 0.3) is 0 Å². The van der Waals surface area contributed by atoms with E-state index in [1.165, 1.54) is 25.7 Å². The van der Waals surface area contributed by atoms with Gasteiger partial charge in [-0.2, -0.15) is 0 Å². The zero-order valence-electron chi connectivity index (χ0n) is 10.3. The maximum Gasteiger partial charge on any atom is 0.0790 e. The lowest BCUT2D eigenvalue weighted by Gasteiger charge is -2.11. The highest BCUT2D eigenvalue weighted by atomic mass is 35.5. The number of unbranched alkanes of at least 4 members (excludes halogenated alkanes) is 4. The Morgan fingerprint density at radius 2 is 1.76 bits per heavy atom. The fraction of sp³-hybridized carbons (Fsp3) is 0.571. The third-order valence-electron chi connectivity index (χ3n) is 2.91. The van der Waals surface area contributed by atoms with Crippen LogP contribution in [0, 0.1) is 0 Å². The molecule has 0 radical (unpaired) electrons. The third kappa shape index (κ3) is 5.29. The molecule has 1 atom stereocenters. The Bertz CT molecular complexity index is 339. The fourth-order valence-electron chi connectivity index (χ4n) is 1.83. The number of rotatable bonds is 7. The second kappa shape index (κ2) is 7.97. The normalized spacial score (nSPS) is 12.7. The van der Waals surface area contributed by atoms with E-state index in [9.17, 15) is 5.11 Å². The summed E-state index contributed by atoms with van der Waals surface area (Å²) in [7, 11) is 0. The maximum atomic E-state index is 9.99. The predicted octanol–water partition coefficient (Wildman–Crippen LogP) is 5.39. The first-order valence-electron chi connectivity index (χ1n) is 6.28. The van der Waals surface area contributed by atoms with Crippen molar-refractivity contribution in [3.05, 3.63) is 33.8 Å². The van der Waals surface area contributed by atoms with Gasteiger partial charge < -0.3 is 5.11 Å².